The number of rotatable bonds is 3. The van der Waals surface area contributed by atoms with Crippen molar-refractivity contribution < 1.29 is 24.1 Å². The lowest BCUT2D eigenvalue weighted by Crippen LogP contribution is -2.39. The lowest BCUT2D eigenvalue weighted by molar-refractivity contribution is -0.151. The summed E-state index contributed by atoms with van der Waals surface area (Å²) in [6, 6.07) is 0. The summed E-state index contributed by atoms with van der Waals surface area (Å²) in [6.07, 6.45) is 3.41. The minimum atomic E-state index is -0.369. The van der Waals surface area contributed by atoms with E-state index in [1.165, 1.54) is 6.92 Å². The van der Waals surface area contributed by atoms with Crippen LogP contribution in [0.15, 0.2) is 0 Å². The topological polar surface area (TPSA) is 71.6 Å². The monoisotopic (exact) mass is 312 g/mol. The molecule has 1 saturated carbocycles. The van der Waals surface area contributed by atoms with E-state index in [9.17, 15) is 9.90 Å². The molecule has 5 heteroatoms. The highest BCUT2D eigenvalue weighted by molar-refractivity contribution is 5.66. The zero-order valence-corrected chi connectivity index (χ0v) is 14.0. The Balaban J connectivity index is 1.82. The molecule has 1 aliphatic carbocycles. The van der Waals surface area contributed by atoms with E-state index in [-0.39, 0.29) is 48.0 Å². The smallest absolute Gasteiger partial charge is 0.303 e. The molecule has 0 spiro atoms. The lowest BCUT2D eigenvalue weighted by atomic mass is 9.78. The Morgan fingerprint density at radius 2 is 2.05 bits per heavy atom. The van der Waals surface area contributed by atoms with Gasteiger partial charge in [-0.3, -0.25) is 4.79 Å². The Morgan fingerprint density at radius 1 is 1.32 bits per heavy atom. The van der Waals surface area contributed by atoms with Gasteiger partial charge in [-0.05, 0) is 38.5 Å². The zero-order valence-electron chi connectivity index (χ0n) is 14.0. The molecule has 5 nitrogen and oxygen atoms in total. The van der Waals surface area contributed by atoms with E-state index in [1.54, 1.807) is 0 Å². The summed E-state index contributed by atoms with van der Waals surface area (Å²) in [6.45, 7) is 7.94. The van der Waals surface area contributed by atoms with E-state index in [2.05, 4.69) is 20.8 Å². The minimum absolute atomic E-state index is 0.0100. The molecule has 0 amide bonds. The maximum absolute atomic E-state index is 11.5. The normalized spacial score (nSPS) is 47.4. The molecule has 2 aliphatic heterocycles. The number of ether oxygens (including phenoxy) is 3. The van der Waals surface area contributed by atoms with Gasteiger partial charge in [-0.2, -0.15) is 0 Å². The highest BCUT2D eigenvalue weighted by Gasteiger charge is 2.63. The molecule has 0 aromatic heterocycles. The first-order valence-corrected chi connectivity index (χ1v) is 8.45. The van der Waals surface area contributed by atoms with Gasteiger partial charge in [0.05, 0.1) is 18.3 Å². The summed E-state index contributed by atoms with van der Waals surface area (Å²) in [7, 11) is 0. The van der Waals surface area contributed by atoms with Crippen molar-refractivity contribution in [1.82, 2.24) is 0 Å². The van der Waals surface area contributed by atoms with E-state index in [0.29, 0.717) is 5.92 Å². The van der Waals surface area contributed by atoms with Crippen LogP contribution in [0.5, 0.6) is 0 Å². The number of aliphatic hydroxyl groups excluding tert-OH is 1. The summed E-state index contributed by atoms with van der Waals surface area (Å²) in [4.78, 5) is 11.5. The second kappa shape index (κ2) is 5.46. The summed E-state index contributed by atoms with van der Waals surface area (Å²) < 4.78 is 17.5. The van der Waals surface area contributed by atoms with Crippen molar-refractivity contribution in [2.45, 2.75) is 82.9 Å². The molecule has 0 aromatic carbocycles. The summed E-state index contributed by atoms with van der Waals surface area (Å²) >= 11 is 0. The SMILES string of the molecule is CC(=O)O[C@@H]1C(C(C)C)CC[C@]2(CO)O[C@H]2CC[C@]2(C)O[C@@H]12. The van der Waals surface area contributed by atoms with Crippen LogP contribution in [0.1, 0.15) is 53.4 Å². The van der Waals surface area contributed by atoms with E-state index in [0.717, 1.165) is 25.7 Å². The van der Waals surface area contributed by atoms with Crippen LogP contribution in [0.25, 0.3) is 0 Å². The average molecular weight is 312 g/mol. The molecule has 3 rings (SSSR count). The summed E-state index contributed by atoms with van der Waals surface area (Å²) in [5.41, 5.74) is -0.594. The fourth-order valence-corrected chi connectivity index (χ4v) is 4.15. The van der Waals surface area contributed by atoms with Gasteiger partial charge >= 0.3 is 5.97 Å². The molecule has 0 radical (unpaired) electrons. The number of aliphatic hydroxyl groups is 1. The van der Waals surface area contributed by atoms with Gasteiger partial charge in [-0.15, -0.1) is 0 Å². The van der Waals surface area contributed by atoms with Gasteiger partial charge in [0.1, 0.15) is 17.8 Å². The van der Waals surface area contributed by atoms with E-state index in [4.69, 9.17) is 14.2 Å². The summed E-state index contributed by atoms with van der Waals surface area (Å²) in [5.74, 6) is 0.357. The van der Waals surface area contributed by atoms with Crippen LogP contribution in [-0.2, 0) is 19.0 Å². The first-order valence-electron chi connectivity index (χ1n) is 8.45. The standard InChI is InChI=1S/C17H28O5/c1-10(2)12-5-8-17(9-18)13(21-17)6-7-16(4)15(22-16)14(12)20-11(3)19/h10,12-15,18H,5-9H2,1-4H3/t12?,13-,14+,15-,16-,17+/m0/s1. The van der Waals surface area contributed by atoms with Crippen LogP contribution in [0.3, 0.4) is 0 Å². The van der Waals surface area contributed by atoms with Crippen molar-refractivity contribution in [2.24, 2.45) is 11.8 Å². The molecular formula is C17H28O5. The molecule has 0 aromatic rings. The fraction of sp³-hybridized carbons (Fsp3) is 0.941. The first-order chi connectivity index (χ1) is 10.3. The van der Waals surface area contributed by atoms with Crippen LogP contribution in [0, 0.1) is 11.8 Å². The fourth-order valence-electron chi connectivity index (χ4n) is 4.15. The largest absolute Gasteiger partial charge is 0.459 e. The predicted molar refractivity (Wildman–Crippen MR) is 80.3 cm³/mol. The van der Waals surface area contributed by atoms with Gasteiger partial charge in [0.2, 0.25) is 0 Å². The van der Waals surface area contributed by atoms with E-state index < -0.39 is 0 Å². The Kier molecular flexibility index (Phi) is 4.03. The third kappa shape index (κ3) is 2.79. The molecule has 1 N–H and O–H groups in total. The third-order valence-electron chi connectivity index (χ3n) is 5.80. The molecule has 2 saturated heterocycles. The van der Waals surface area contributed by atoms with Crippen LogP contribution in [0.4, 0.5) is 0 Å². The van der Waals surface area contributed by atoms with Gasteiger partial charge < -0.3 is 19.3 Å². The Hall–Kier alpha value is -0.650. The second-order valence-electron chi connectivity index (χ2n) is 7.74. The molecule has 3 aliphatic rings. The lowest BCUT2D eigenvalue weighted by Gasteiger charge is -2.31. The molecular weight excluding hydrogens is 284 g/mol. The van der Waals surface area contributed by atoms with Crippen molar-refractivity contribution >= 4 is 5.97 Å². The maximum atomic E-state index is 11.5. The van der Waals surface area contributed by atoms with Crippen LogP contribution < -0.4 is 0 Å². The number of hydrogen-bond acceptors (Lipinski definition) is 5. The Morgan fingerprint density at radius 3 is 2.64 bits per heavy atom. The number of epoxide rings is 2. The number of hydrogen-bond donors (Lipinski definition) is 1. The second-order valence-corrected chi connectivity index (χ2v) is 7.74. The number of esters is 1. The maximum Gasteiger partial charge on any atom is 0.303 e. The molecule has 22 heavy (non-hydrogen) atoms. The molecule has 6 atom stereocenters. The van der Waals surface area contributed by atoms with Crippen molar-refractivity contribution in [1.29, 1.82) is 0 Å². The number of carbonyl (C=O) groups excluding carboxylic acids is 1. The van der Waals surface area contributed by atoms with Gasteiger partial charge in [0.25, 0.3) is 0 Å². The Labute approximate surface area is 132 Å². The average Bonchev–Trinajstić information content (AvgIpc) is 3.30. The van der Waals surface area contributed by atoms with Crippen molar-refractivity contribution in [3.63, 3.8) is 0 Å². The number of carbonyl (C=O) groups is 1. The molecule has 126 valence electrons. The number of fused-ring (bicyclic) bond motifs is 2. The molecule has 3 fully saturated rings. The summed E-state index contributed by atoms with van der Waals surface area (Å²) in [5, 5.41) is 9.71. The highest BCUT2D eigenvalue weighted by Crippen LogP contribution is 2.53. The van der Waals surface area contributed by atoms with Crippen LogP contribution in [-0.4, -0.2) is 47.2 Å². The van der Waals surface area contributed by atoms with Gasteiger partial charge in [-0.25, -0.2) is 0 Å². The van der Waals surface area contributed by atoms with Crippen LogP contribution >= 0.6 is 0 Å². The van der Waals surface area contributed by atoms with Crippen molar-refractivity contribution in [3.05, 3.63) is 0 Å². The van der Waals surface area contributed by atoms with Gasteiger partial charge in [0, 0.05) is 12.8 Å². The molecule has 0 bridgehead atoms. The van der Waals surface area contributed by atoms with Gasteiger partial charge in [-0.1, -0.05) is 13.8 Å². The van der Waals surface area contributed by atoms with Crippen LogP contribution in [0.2, 0.25) is 0 Å². The van der Waals surface area contributed by atoms with E-state index >= 15 is 0 Å². The first kappa shape index (κ1) is 16.2. The third-order valence-corrected chi connectivity index (χ3v) is 5.80. The molecule has 2 heterocycles. The zero-order chi connectivity index (χ0) is 16.1. The van der Waals surface area contributed by atoms with Crippen molar-refractivity contribution in [2.75, 3.05) is 6.61 Å². The molecule has 1 unspecified atom stereocenters. The quantitative estimate of drug-likeness (QED) is 0.638. The highest BCUT2D eigenvalue weighted by atomic mass is 16.6. The van der Waals surface area contributed by atoms with Crippen molar-refractivity contribution in [3.8, 4) is 0 Å². The minimum Gasteiger partial charge on any atom is -0.459 e. The van der Waals surface area contributed by atoms with Gasteiger partial charge in [0.15, 0.2) is 0 Å². The predicted octanol–water partition coefficient (Wildman–Crippen LogP) is 2.05. The Bertz CT molecular complexity index is 450. The van der Waals surface area contributed by atoms with E-state index in [1.807, 2.05) is 0 Å².